The Bertz CT molecular complexity index is 1540. The Hall–Kier alpha value is -2.78. The summed E-state index contributed by atoms with van der Waals surface area (Å²) in [4.78, 5) is 0. The minimum Gasteiger partial charge on any atom is -0.497 e. The summed E-state index contributed by atoms with van der Waals surface area (Å²) in [6.45, 7) is 5.07. The predicted molar refractivity (Wildman–Crippen MR) is 193 cm³/mol. The van der Waals surface area contributed by atoms with Crippen LogP contribution in [-0.2, 0) is 37.9 Å². The number of hydrogen-bond donors (Lipinski definition) is 1. The van der Waals surface area contributed by atoms with Gasteiger partial charge in [0.2, 0.25) is 5.79 Å². The van der Waals surface area contributed by atoms with Gasteiger partial charge in [-0.1, -0.05) is 111 Å². The van der Waals surface area contributed by atoms with Gasteiger partial charge in [-0.3, -0.25) is 0 Å². The first-order valence-corrected chi connectivity index (χ1v) is 18.6. The fourth-order valence-corrected chi connectivity index (χ4v) is 10.5. The number of hydrogen-bond acceptors (Lipinski definition) is 7. The third-order valence-electron chi connectivity index (χ3n) is 9.38. The summed E-state index contributed by atoms with van der Waals surface area (Å²) < 4.78 is 25.3. The van der Waals surface area contributed by atoms with Crippen molar-refractivity contribution >= 4 is 23.5 Å². The maximum Gasteiger partial charge on any atom is 0.224 e. The highest BCUT2D eigenvalue weighted by Crippen LogP contribution is 2.62. The van der Waals surface area contributed by atoms with Crippen molar-refractivity contribution in [3.05, 3.63) is 137 Å². The Morgan fingerprint density at radius 1 is 0.766 bits per heavy atom. The van der Waals surface area contributed by atoms with Crippen LogP contribution in [0.5, 0.6) is 5.75 Å². The zero-order valence-corrected chi connectivity index (χ0v) is 29.2. The van der Waals surface area contributed by atoms with E-state index in [9.17, 15) is 5.11 Å². The predicted octanol–water partition coefficient (Wildman–Crippen LogP) is 8.61. The number of methoxy groups -OCH3 is 1. The number of aliphatic hydroxyl groups is 1. The van der Waals surface area contributed by atoms with Crippen molar-refractivity contribution in [3.63, 3.8) is 0 Å². The van der Waals surface area contributed by atoms with Crippen molar-refractivity contribution in [1.29, 1.82) is 0 Å². The molecule has 0 radical (unpaired) electrons. The SMILES string of the molecule is CC[C@H]1O[C@@](O)(C2(c3ccccc3Cc3ccc(OC)cc3)SCCCS2)[C@H](OCc2ccccc2)[C@@H](OCc2ccccc2)[C@@H]1C. The molecule has 47 heavy (non-hydrogen) atoms. The van der Waals surface area contributed by atoms with Gasteiger partial charge in [0.15, 0.2) is 0 Å². The molecule has 0 saturated carbocycles. The molecule has 4 aromatic carbocycles. The third-order valence-corrected chi connectivity index (χ3v) is 12.9. The average Bonchev–Trinajstić information content (AvgIpc) is 3.13. The molecule has 7 heteroatoms. The molecule has 0 aromatic heterocycles. The summed E-state index contributed by atoms with van der Waals surface area (Å²) in [5, 5.41) is 13.5. The second-order valence-corrected chi connectivity index (χ2v) is 15.3. The highest BCUT2D eigenvalue weighted by Gasteiger charge is 2.66. The molecular formula is C40H46O5S2. The van der Waals surface area contributed by atoms with Gasteiger partial charge in [-0.25, -0.2) is 0 Å². The quantitative estimate of drug-likeness (QED) is 0.162. The largest absolute Gasteiger partial charge is 0.497 e. The molecule has 0 unspecified atom stereocenters. The number of thioether (sulfide) groups is 2. The highest BCUT2D eigenvalue weighted by atomic mass is 32.2. The van der Waals surface area contributed by atoms with Crippen molar-refractivity contribution in [3.8, 4) is 5.75 Å². The van der Waals surface area contributed by atoms with E-state index in [2.05, 4.69) is 74.5 Å². The van der Waals surface area contributed by atoms with E-state index in [0.29, 0.717) is 13.2 Å². The second kappa shape index (κ2) is 15.6. The van der Waals surface area contributed by atoms with E-state index >= 15 is 0 Å². The van der Waals surface area contributed by atoms with Crippen LogP contribution in [-0.4, -0.2) is 47.8 Å². The molecule has 0 aliphatic carbocycles. The third kappa shape index (κ3) is 7.31. The summed E-state index contributed by atoms with van der Waals surface area (Å²) in [7, 11) is 1.69. The number of ether oxygens (including phenoxy) is 4. The number of benzene rings is 4. The monoisotopic (exact) mass is 670 g/mol. The zero-order valence-electron chi connectivity index (χ0n) is 27.5. The summed E-state index contributed by atoms with van der Waals surface area (Å²) in [6.07, 6.45) is 1.15. The molecular weight excluding hydrogens is 625 g/mol. The molecule has 0 amide bonds. The highest BCUT2D eigenvalue weighted by molar-refractivity contribution is 8.18. The Morgan fingerprint density at radius 3 is 1.98 bits per heavy atom. The molecule has 4 aromatic rings. The van der Waals surface area contributed by atoms with E-state index in [1.54, 1.807) is 30.6 Å². The molecule has 0 bridgehead atoms. The van der Waals surface area contributed by atoms with E-state index in [-0.39, 0.29) is 12.0 Å². The van der Waals surface area contributed by atoms with Gasteiger partial charge in [0.1, 0.15) is 15.9 Å². The van der Waals surface area contributed by atoms with Crippen LogP contribution in [0, 0.1) is 5.92 Å². The van der Waals surface area contributed by atoms with Gasteiger partial charge >= 0.3 is 0 Å². The number of rotatable bonds is 12. The van der Waals surface area contributed by atoms with Crippen LogP contribution in [0.4, 0.5) is 0 Å². The first-order valence-electron chi connectivity index (χ1n) is 16.7. The van der Waals surface area contributed by atoms with Gasteiger partial charge in [0.25, 0.3) is 0 Å². The molecule has 2 saturated heterocycles. The smallest absolute Gasteiger partial charge is 0.224 e. The van der Waals surface area contributed by atoms with Crippen molar-refractivity contribution < 1.29 is 24.1 Å². The van der Waals surface area contributed by atoms with Gasteiger partial charge in [0, 0.05) is 5.92 Å². The summed E-state index contributed by atoms with van der Waals surface area (Å²) in [5.41, 5.74) is 5.54. The van der Waals surface area contributed by atoms with Crippen LogP contribution in [0.15, 0.2) is 109 Å². The second-order valence-electron chi connectivity index (χ2n) is 12.4. The van der Waals surface area contributed by atoms with E-state index in [1.165, 1.54) is 5.56 Å². The zero-order chi connectivity index (χ0) is 32.7. The molecule has 0 spiro atoms. The topological polar surface area (TPSA) is 57.2 Å². The van der Waals surface area contributed by atoms with Crippen LogP contribution >= 0.6 is 23.5 Å². The molecule has 2 aliphatic heterocycles. The van der Waals surface area contributed by atoms with Crippen molar-refractivity contribution in [2.75, 3.05) is 18.6 Å². The molecule has 2 fully saturated rings. The Balaban J connectivity index is 1.44. The van der Waals surface area contributed by atoms with E-state index in [1.807, 2.05) is 48.5 Å². The van der Waals surface area contributed by atoms with Gasteiger partial charge in [-0.15, -0.1) is 23.5 Å². The molecule has 5 nitrogen and oxygen atoms in total. The molecule has 2 aliphatic rings. The van der Waals surface area contributed by atoms with Crippen LogP contribution < -0.4 is 4.74 Å². The molecule has 248 valence electrons. The Labute approximate surface area is 288 Å². The van der Waals surface area contributed by atoms with Crippen LogP contribution in [0.2, 0.25) is 0 Å². The van der Waals surface area contributed by atoms with E-state index in [0.717, 1.165) is 58.8 Å². The molecule has 6 rings (SSSR count). The first-order chi connectivity index (χ1) is 23.0. The normalized spacial score (nSPS) is 25.7. The van der Waals surface area contributed by atoms with Crippen LogP contribution in [0.25, 0.3) is 0 Å². The lowest BCUT2D eigenvalue weighted by atomic mass is 9.81. The fourth-order valence-electron chi connectivity index (χ4n) is 6.86. The maximum atomic E-state index is 13.5. The van der Waals surface area contributed by atoms with Gasteiger partial charge in [-0.05, 0) is 70.7 Å². The Kier molecular flexibility index (Phi) is 11.3. The lowest BCUT2D eigenvalue weighted by Gasteiger charge is -2.58. The molecule has 1 N–H and O–H groups in total. The summed E-state index contributed by atoms with van der Waals surface area (Å²) >= 11 is 3.58. The average molecular weight is 671 g/mol. The summed E-state index contributed by atoms with van der Waals surface area (Å²) in [5.74, 6) is 0.949. The summed E-state index contributed by atoms with van der Waals surface area (Å²) in [6, 6.07) is 37.2. The minimum absolute atomic E-state index is 0.00468. The van der Waals surface area contributed by atoms with E-state index in [4.69, 9.17) is 18.9 Å². The van der Waals surface area contributed by atoms with Gasteiger partial charge < -0.3 is 24.1 Å². The van der Waals surface area contributed by atoms with E-state index < -0.39 is 22.1 Å². The lowest BCUT2D eigenvalue weighted by Crippen LogP contribution is -2.69. The van der Waals surface area contributed by atoms with Gasteiger partial charge in [0.05, 0.1) is 32.5 Å². The molecule has 5 atom stereocenters. The van der Waals surface area contributed by atoms with Crippen molar-refractivity contribution in [1.82, 2.24) is 0 Å². The fraction of sp³-hybridized carbons (Fsp3) is 0.400. The Morgan fingerprint density at radius 2 is 1.36 bits per heavy atom. The molecule has 2 heterocycles. The van der Waals surface area contributed by atoms with Crippen LogP contribution in [0.1, 0.15) is 54.5 Å². The lowest BCUT2D eigenvalue weighted by molar-refractivity contribution is -0.357. The van der Waals surface area contributed by atoms with Crippen molar-refractivity contribution in [2.45, 2.75) is 74.5 Å². The minimum atomic E-state index is -1.69. The first kappa shape index (κ1) is 34.1. The van der Waals surface area contributed by atoms with Crippen molar-refractivity contribution in [2.24, 2.45) is 5.92 Å². The van der Waals surface area contributed by atoms with Crippen LogP contribution in [0.3, 0.4) is 0 Å². The standard InChI is InChI=1S/C40H46O5S2/c1-4-36-29(2)37(43-27-31-14-7-5-8-15-31)38(44-28-32-16-9-6-10-17-32)39(41,45-36)40(46-24-13-25-47-40)35-19-12-11-18-33(35)26-30-20-22-34(42-3)23-21-30/h5-12,14-23,29,36-38,41H,4,13,24-28H2,1-3H3/t29-,36-,37+,38-,39-/m1/s1. The maximum absolute atomic E-state index is 13.5. The van der Waals surface area contributed by atoms with Gasteiger partial charge in [-0.2, -0.15) is 0 Å².